The number of halogens is 3. The van der Waals surface area contributed by atoms with Crippen molar-refractivity contribution in [1.29, 1.82) is 0 Å². The number of allylic oxidation sites excluding steroid dienone is 1. The van der Waals surface area contributed by atoms with Crippen LogP contribution in [0.4, 0.5) is 18.0 Å². The van der Waals surface area contributed by atoms with Crippen LogP contribution in [0.1, 0.15) is 86.0 Å². The van der Waals surface area contributed by atoms with Crippen molar-refractivity contribution in [1.82, 2.24) is 25.2 Å². The molecule has 0 unspecified atom stereocenters. The van der Waals surface area contributed by atoms with Crippen molar-refractivity contribution in [2.24, 2.45) is 17.8 Å². The summed E-state index contributed by atoms with van der Waals surface area (Å²) in [6.07, 6.45) is 5.75. The molecule has 1 saturated heterocycles. The molecule has 14 nitrogen and oxygen atoms in total. The first kappa shape index (κ1) is 43.0. The Morgan fingerprint density at radius 3 is 2.50 bits per heavy atom. The van der Waals surface area contributed by atoms with Gasteiger partial charge >= 0.3 is 6.09 Å². The van der Waals surface area contributed by atoms with Crippen LogP contribution in [0.25, 0.3) is 10.8 Å². The molecule has 18 heteroatoms. The van der Waals surface area contributed by atoms with Crippen molar-refractivity contribution in [2.45, 2.75) is 126 Å². The number of alkyl carbamates (subject to hydrolysis) is 1. The van der Waals surface area contributed by atoms with Crippen molar-refractivity contribution in [3.63, 3.8) is 0 Å². The van der Waals surface area contributed by atoms with Crippen LogP contribution in [0.2, 0.25) is 0 Å². The summed E-state index contributed by atoms with van der Waals surface area (Å²) in [4.78, 5) is 62.1. The molecule has 4 amide bonds. The molecule has 0 bridgehead atoms. The van der Waals surface area contributed by atoms with Crippen LogP contribution >= 0.6 is 0 Å². The van der Waals surface area contributed by atoms with Crippen LogP contribution in [0.3, 0.4) is 0 Å². The number of nitrogens with one attached hydrogen (secondary N) is 3. The van der Waals surface area contributed by atoms with Gasteiger partial charge in [-0.15, -0.1) is 0 Å². The third-order valence-electron chi connectivity index (χ3n) is 11.9. The molecular formula is C40H52F3N5O9S. The molecule has 0 spiro atoms. The lowest BCUT2D eigenvalue weighted by Crippen LogP contribution is -2.59. The van der Waals surface area contributed by atoms with E-state index in [1.54, 1.807) is 12.1 Å². The van der Waals surface area contributed by atoms with E-state index in [4.69, 9.17) is 14.2 Å². The number of alkyl halides is 2. The number of fused-ring (bicyclic) bond motifs is 3. The van der Waals surface area contributed by atoms with E-state index in [1.807, 2.05) is 19.9 Å². The summed E-state index contributed by atoms with van der Waals surface area (Å²) in [6, 6.07) is 1.63. The number of ether oxygens (including phenoxy) is 3. The Morgan fingerprint density at radius 1 is 1.12 bits per heavy atom. The highest BCUT2D eigenvalue weighted by atomic mass is 32.2. The zero-order valence-electron chi connectivity index (χ0n) is 33.5. The molecule has 0 radical (unpaired) electrons. The number of carbonyl (C=O) groups is 4. The van der Waals surface area contributed by atoms with Crippen LogP contribution in [0.15, 0.2) is 36.5 Å². The van der Waals surface area contributed by atoms with Gasteiger partial charge in [0.15, 0.2) is 17.2 Å². The molecule has 6 rings (SSSR count). The number of hydrogen-bond acceptors (Lipinski definition) is 10. The van der Waals surface area contributed by atoms with Crippen LogP contribution in [-0.4, -0.2) is 96.3 Å². The van der Waals surface area contributed by atoms with E-state index < -0.39 is 92.0 Å². The van der Waals surface area contributed by atoms with Gasteiger partial charge in [-0.3, -0.25) is 19.1 Å². The minimum atomic E-state index is -3.98. The van der Waals surface area contributed by atoms with E-state index in [0.29, 0.717) is 56.2 Å². The number of benzene rings is 1. The molecule has 4 aliphatic rings. The van der Waals surface area contributed by atoms with E-state index >= 15 is 0 Å². The van der Waals surface area contributed by atoms with Gasteiger partial charge in [0.25, 0.3) is 11.8 Å². The fourth-order valence-corrected chi connectivity index (χ4v) is 9.11. The molecule has 318 valence electrons. The second-order valence-electron chi connectivity index (χ2n) is 16.7. The SMILES string of the molecule is CC[C@@H]1C[C@@H](C)CC/C=C\[C@@H]2C[C@@]2(C(=O)NS(=O)(=O)C2CC2)NC(=O)[C@@H]2C[C@@H](Oc3nccc4cc(OC)c(F)cc34)CN2C(=O)[C@H]1NC(=O)OC(C)(C)C(C)(F)F. The summed E-state index contributed by atoms with van der Waals surface area (Å²) < 4.78 is 88.3. The first-order valence-electron chi connectivity index (χ1n) is 19.7. The van der Waals surface area contributed by atoms with Gasteiger partial charge in [-0.2, -0.15) is 0 Å². The molecular weight excluding hydrogens is 784 g/mol. The van der Waals surface area contributed by atoms with E-state index in [0.717, 1.165) is 13.8 Å². The zero-order chi connectivity index (χ0) is 42.4. The van der Waals surface area contributed by atoms with Gasteiger partial charge in [0, 0.05) is 30.8 Å². The summed E-state index contributed by atoms with van der Waals surface area (Å²) >= 11 is 0. The highest BCUT2D eigenvalue weighted by molar-refractivity contribution is 7.91. The molecule has 2 aliphatic heterocycles. The fraction of sp³-hybridized carbons (Fsp3) is 0.625. The maximum Gasteiger partial charge on any atom is 0.408 e. The number of amides is 4. The number of pyridine rings is 1. The number of methoxy groups -OCH3 is 1. The summed E-state index contributed by atoms with van der Waals surface area (Å²) in [7, 11) is -2.65. The Morgan fingerprint density at radius 2 is 1.84 bits per heavy atom. The van der Waals surface area contributed by atoms with Crippen LogP contribution in [0, 0.1) is 23.6 Å². The van der Waals surface area contributed by atoms with Crippen LogP contribution < -0.4 is 24.8 Å². The van der Waals surface area contributed by atoms with Gasteiger partial charge in [0.2, 0.25) is 27.7 Å². The Kier molecular flexibility index (Phi) is 12.0. The zero-order valence-corrected chi connectivity index (χ0v) is 34.3. The monoisotopic (exact) mass is 835 g/mol. The smallest absolute Gasteiger partial charge is 0.408 e. The Labute approximate surface area is 336 Å². The molecule has 2 aliphatic carbocycles. The number of rotatable bonds is 10. The topological polar surface area (TPSA) is 182 Å². The van der Waals surface area contributed by atoms with Crippen molar-refractivity contribution < 1.29 is 55.0 Å². The van der Waals surface area contributed by atoms with Gasteiger partial charge in [0.05, 0.1) is 18.9 Å². The van der Waals surface area contributed by atoms with E-state index in [9.17, 15) is 40.8 Å². The molecule has 7 atom stereocenters. The minimum absolute atomic E-state index is 0.00174. The van der Waals surface area contributed by atoms with Gasteiger partial charge in [-0.25, -0.2) is 31.4 Å². The molecule has 2 aromatic rings. The van der Waals surface area contributed by atoms with Gasteiger partial charge in [0.1, 0.15) is 23.7 Å². The normalized spacial score (nSPS) is 28.9. The molecule has 1 aromatic carbocycles. The van der Waals surface area contributed by atoms with Gasteiger partial charge in [-0.1, -0.05) is 32.4 Å². The number of nitrogens with zero attached hydrogens (tertiary/aromatic N) is 2. The summed E-state index contributed by atoms with van der Waals surface area (Å²) in [5.41, 5.74) is -3.87. The Balaban J connectivity index is 1.37. The van der Waals surface area contributed by atoms with Crippen molar-refractivity contribution in [2.75, 3.05) is 13.7 Å². The number of carbonyl (C=O) groups excluding carboxylic acids is 4. The summed E-state index contributed by atoms with van der Waals surface area (Å²) in [5, 5.41) is 5.48. The van der Waals surface area contributed by atoms with Gasteiger partial charge in [-0.05, 0) is 87.8 Å². The lowest BCUT2D eigenvalue weighted by atomic mass is 9.85. The minimum Gasteiger partial charge on any atom is -0.494 e. The van der Waals surface area contributed by atoms with Crippen molar-refractivity contribution in [3.8, 4) is 11.6 Å². The standard InChI is InChI=1S/C40H52F3N5O9S/c1-7-23-16-22(2)10-8-9-11-25-20-40(25,36(51)47-58(53,54)27-12-13-27)46-33(49)30-18-26(56-34-28-19-29(41)31(55-6)17-24(28)14-15-44-34)21-48(30)35(50)32(23)45-37(52)57-38(3,4)39(5,42)43/h9,11,14-15,17,19,22-23,25-27,30,32H,7-8,10,12-13,16,18,20-21H2,1-6H3,(H,45,52)(H,46,49)(H,47,51)/b11-9-/t22-,23+,25+,26+,30-,32-,40+/m0/s1. The van der Waals surface area contributed by atoms with E-state index in [2.05, 4.69) is 20.3 Å². The maximum atomic E-state index is 14.9. The van der Waals surface area contributed by atoms with E-state index in [1.165, 1.54) is 30.3 Å². The second kappa shape index (κ2) is 16.2. The van der Waals surface area contributed by atoms with Gasteiger partial charge < -0.3 is 29.7 Å². The quantitative estimate of drug-likeness (QED) is 0.271. The molecule has 3 N–H and O–H groups in total. The molecule has 2 saturated carbocycles. The highest BCUT2D eigenvalue weighted by Gasteiger charge is 2.62. The summed E-state index contributed by atoms with van der Waals surface area (Å²) in [5.74, 6) is -7.56. The average Bonchev–Trinajstić information content (AvgIpc) is 4.07. The molecule has 3 fully saturated rings. The predicted molar refractivity (Wildman–Crippen MR) is 206 cm³/mol. The second-order valence-corrected chi connectivity index (χ2v) is 18.6. The number of hydrogen-bond donors (Lipinski definition) is 3. The molecule has 1 aromatic heterocycles. The molecule has 58 heavy (non-hydrogen) atoms. The lowest BCUT2D eigenvalue weighted by molar-refractivity contribution is -0.152. The predicted octanol–water partition coefficient (Wildman–Crippen LogP) is 5.15. The van der Waals surface area contributed by atoms with E-state index in [-0.39, 0.29) is 36.9 Å². The number of aromatic nitrogens is 1. The fourth-order valence-electron chi connectivity index (χ4n) is 7.75. The van der Waals surface area contributed by atoms with Crippen molar-refractivity contribution >= 4 is 44.6 Å². The largest absolute Gasteiger partial charge is 0.494 e. The van der Waals surface area contributed by atoms with Crippen LogP contribution in [-0.2, 0) is 29.1 Å². The first-order chi connectivity index (χ1) is 27.2. The number of sulfonamides is 1. The third-order valence-corrected chi connectivity index (χ3v) is 13.8. The Bertz CT molecular complexity index is 2080. The average molecular weight is 836 g/mol. The third kappa shape index (κ3) is 9.00. The maximum absolute atomic E-state index is 14.9. The molecule has 3 heterocycles. The van der Waals surface area contributed by atoms with Crippen molar-refractivity contribution in [3.05, 3.63) is 42.4 Å². The summed E-state index contributed by atoms with van der Waals surface area (Å²) in [6.45, 7) is 6.30. The van der Waals surface area contributed by atoms with Crippen LogP contribution in [0.5, 0.6) is 11.6 Å². The Hall–Kier alpha value is -4.61. The first-order valence-corrected chi connectivity index (χ1v) is 21.3. The highest BCUT2D eigenvalue weighted by Crippen LogP contribution is 2.46. The lowest BCUT2D eigenvalue weighted by Gasteiger charge is -2.35.